The average molecular weight is 267 g/mol. The Hall–Kier alpha value is -0.870. The van der Waals surface area contributed by atoms with E-state index in [0.717, 1.165) is 50.5 Å². The summed E-state index contributed by atoms with van der Waals surface area (Å²) in [6.07, 6.45) is 5.82. The summed E-state index contributed by atoms with van der Waals surface area (Å²) in [4.78, 5) is 11.3. The van der Waals surface area contributed by atoms with Gasteiger partial charge in [-0.1, -0.05) is 0 Å². The molecule has 2 aliphatic rings. The highest BCUT2D eigenvalue weighted by molar-refractivity contribution is 6.28. The van der Waals surface area contributed by atoms with Crippen molar-refractivity contribution in [3.05, 3.63) is 16.5 Å². The summed E-state index contributed by atoms with van der Waals surface area (Å²) in [7, 11) is 0. The maximum atomic E-state index is 6.09. The zero-order valence-corrected chi connectivity index (χ0v) is 11.3. The Balaban J connectivity index is 1.98. The Morgan fingerprint density at radius 3 is 2.61 bits per heavy atom. The molecule has 2 aliphatic heterocycles. The molecule has 1 saturated heterocycles. The van der Waals surface area contributed by atoms with Crippen LogP contribution in [0.3, 0.4) is 0 Å². The summed E-state index contributed by atoms with van der Waals surface area (Å²) in [5.41, 5.74) is 2.45. The molecule has 1 aromatic rings. The normalized spacial score (nSPS) is 20.4. The average Bonchev–Trinajstić information content (AvgIpc) is 2.64. The van der Waals surface area contributed by atoms with E-state index in [-0.39, 0.29) is 0 Å². The zero-order valence-electron chi connectivity index (χ0n) is 10.6. The van der Waals surface area contributed by atoms with E-state index in [9.17, 15) is 0 Å². The largest absolute Gasteiger partial charge is 0.356 e. The molecular weight excluding hydrogens is 248 g/mol. The van der Waals surface area contributed by atoms with Crippen molar-refractivity contribution in [1.29, 1.82) is 0 Å². The lowest BCUT2D eigenvalue weighted by Crippen LogP contribution is -2.31. The molecule has 0 radical (unpaired) electrons. The lowest BCUT2D eigenvalue weighted by molar-refractivity contribution is 0.570. The number of nitrogens with zero attached hydrogens (tertiary/aromatic N) is 3. The van der Waals surface area contributed by atoms with Crippen molar-refractivity contribution >= 4 is 17.4 Å². The fourth-order valence-corrected chi connectivity index (χ4v) is 3.05. The van der Waals surface area contributed by atoms with E-state index in [1.54, 1.807) is 0 Å². The molecule has 3 rings (SSSR count). The van der Waals surface area contributed by atoms with Gasteiger partial charge in [0.25, 0.3) is 0 Å². The molecule has 0 unspecified atom stereocenters. The fourth-order valence-electron chi connectivity index (χ4n) is 2.86. The highest BCUT2D eigenvalue weighted by atomic mass is 35.5. The Morgan fingerprint density at radius 1 is 1.00 bits per heavy atom. The summed E-state index contributed by atoms with van der Waals surface area (Å²) in [5.74, 6) is 1.09. The number of anilines is 1. The van der Waals surface area contributed by atoms with Gasteiger partial charge in [0.15, 0.2) is 0 Å². The lowest BCUT2D eigenvalue weighted by atomic mass is 10.1. The van der Waals surface area contributed by atoms with Gasteiger partial charge in [0.1, 0.15) is 5.82 Å². The van der Waals surface area contributed by atoms with Crippen molar-refractivity contribution in [3.63, 3.8) is 0 Å². The van der Waals surface area contributed by atoms with E-state index in [4.69, 9.17) is 11.6 Å². The third-order valence-corrected chi connectivity index (χ3v) is 3.96. The Kier molecular flexibility index (Phi) is 3.66. The third kappa shape index (κ3) is 2.45. The van der Waals surface area contributed by atoms with Crippen LogP contribution in [-0.2, 0) is 12.8 Å². The van der Waals surface area contributed by atoms with Crippen LogP contribution in [0.4, 0.5) is 5.82 Å². The fraction of sp³-hybridized carbons (Fsp3) is 0.692. The second kappa shape index (κ2) is 5.41. The minimum Gasteiger partial charge on any atom is -0.356 e. The second-order valence-corrected chi connectivity index (χ2v) is 5.38. The van der Waals surface area contributed by atoms with Crippen LogP contribution in [0.25, 0.3) is 0 Å². The minimum absolute atomic E-state index is 0.399. The van der Waals surface area contributed by atoms with Crippen LogP contribution in [-0.4, -0.2) is 36.1 Å². The van der Waals surface area contributed by atoms with Gasteiger partial charge in [-0.05, 0) is 43.8 Å². The molecule has 4 nitrogen and oxygen atoms in total. The summed E-state index contributed by atoms with van der Waals surface area (Å²) in [5, 5.41) is 3.81. The number of fused-ring (bicyclic) bond motifs is 1. The quantitative estimate of drug-likeness (QED) is 0.787. The van der Waals surface area contributed by atoms with Crippen molar-refractivity contribution in [2.24, 2.45) is 0 Å². The maximum Gasteiger partial charge on any atom is 0.224 e. The Labute approximate surface area is 113 Å². The van der Waals surface area contributed by atoms with Gasteiger partial charge in [-0.25, -0.2) is 9.97 Å². The standard InChI is InChI=1S/C13H19ClN4/c14-13-16-11-5-7-15-6-4-10(11)12(17-13)18-8-2-1-3-9-18/h15H,1-9H2. The highest BCUT2D eigenvalue weighted by Crippen LogP contribution is 2.27. The summed E-state index contributed by atoms with van der Waals surface area (Å²) in [6.45, 7) is 4.21. The van der Waals surface area contributed by atoms with E-state index in [1.165, 1.54) is 24.8 Å². The molecule has 5 heteroatoms. The number of rotatable bonds is 1. The molecule has 0 bridgehead atoms. The van der Waals surface area contributed by atoms with Gasteiger partial charge >= 0.3 is 0 Å². The predicted octanol–water partition coefficient (Wildman–Crippen LogP) is 1.81. The van der Waals surface area contributed by atoms with E-state index < -0.39 is 0 Å². The molecule has 1 N–H and O–H groups in total. The Morgan fingerprint density at radius 2 is 1.78 bits per heavy atom. The lowest BCUT2D eigenvalue weighted by Gasteiger charge is -2.29. The van der Waals surface area contributed by atoms with Crippen LogP contribution in [0.5, 0.6) is 0 Å². The first kappa shape index (κ1) is 12.2. The van der Waals surface area contributed by atoms with Gasteiger partial charge in [0, 0.05) is 31.6 Å². The molecule has 1 fully saturated rings. The Bertz CT molecular complexity index is 429. The van der Waals surface area contributed by atoms with E-state index in [1.807, 2.05) is 0 Å². The maximum absolute atomic E-state index is 6.09. The molecule has 0 aromatic carbocycles. The third-order valence-electron chi connectivity index (χ3n) is 3.79. The smallest absolute Gasteiger partial charge is 0.224 e. The summed E-state index contributed by atoms with van der Waals surface area (Å²) < 4.78 is 0. The van der Waals surface area contributed by atoms with Crippen molar-refractivity contribution < 1.29 is 0 Å². The number of aromatic nitrogens is 2. The van der Waals surface area contributed by atoms with Gasteiger partial charge < -0.3 is 10.2 Å². The summed E-state index contributed by atoms with van der Waals surface area (Å²) >= 11 is 6.09. The second-order valence-electron chi connectivity index (χ2n) is 5.04. The van der Waals surface area contributed by atoms with E-state index in [0.29, 0.717) is 5.28 Å². The van der Waals surface area contributed by atoms with Crippen LogP contribution < -0.4 is 10.2 Å². The van der Waals surface area contributed by atoms with E-state index >= 15 is 0 Å². The highest BCUT2D eigenvalue weighted by Gasteiger charge is 2.21. The molecule has 98 valence electrons. The van der Waals surface area contributed by atoms with Gasteiger partial charge in [-0.2, -0.15) is 0 Å². The number of piperidine rings is 1. The van der Waals surface area contributed by atoms with E-state index in [2.05, 4.69) is 20.2 Å². The molecule has 1 aromatic heterocycles. The minimum atomic E-state index is 0.399. The van der Waals surface area contributed by atoms with Crippen molar-refractivity contribution in [2.75, 3.05) is 31.1 Å². The number of hydrogen-bond acceptors (Lipinski definition) is 4. The van der Waals surface area contributed by atoms with Crippen LogP contribution >= 0.6 is 11.6 Å². The molecule has 0 atom stereocenters. The molecule has 18 heavy (non-hydrogen) atoms. The van der Waals surface area contributed by atoms with Crippen LogP contribution in [0.15, 0.2) is 0 Å². The van der Waals surface area contributed by atoms with Crippen LogP contribution in [0.2, 0.25) is 5.28 Å². The van der Waals surface area contributed by atoms with Gasteiger partial charge in [0.05, 0.1) is 5.69 Å². The van der Waals surface area contributed by atoms with Crippen molar-refractivity contribution in [3.8, 4) is 0 Å². The van der Waals surface area contributed by atoms with Crippen LogP contribution in [0, 0.1) is 0 Å². The SMILES string of the molecule is Clc1nc2c(c(N3CCCCC3)n1)CCNCC2. The monoisotopic (exact) mass is 266 g/mol. The zero-order chi connectivity index (χ0) is 12.4. The molecule has 0 spiro atoms. The molecule has 0 aliphatic carbocycles. The molecule has 3 heterocycles. The van der Waals surface area contributed by atoms with Crippen molar-refractivity contribution in [1.82, 2.24) is 15.3 Å². The first-order valence-electron chi connectivity index (χ1n) is 6.85. The van der Waals surface area contributed by atoms with Gasteiger partial charge in [-0.15, -0.1) is 0 Å². The first-order valence-corrected chi connectivity index (χ1v) is 7.23. The summed E-state index contributed by atoms with van der Waals surface area (Å²) in [6, 6.07) is 0. The molecular formula is C13H19ClN4. The van der Waals surface area contributed by atoms with Crippen LogP contribution in [0.1, 0.15) is 30.5 Å². The molecule has 0 saturated carbocycles. The number of hydrogen-bond donors (Lipinski definition) is 1. The van der Waals surface area contributed by atoms with Gasteiger partial charge in [-0.3, -0.25) is 0 Å². The predicted molar refractivity (Wildman–Crippen MR) is 73.4 cm³/mol. The topological polar surface area (TPSA) is 41.1 Å². The van der Waals surface area contributed by atoms with Crippen molar-refractivity contribution in [2.45, 2.75) is 32.1 Å². The number of halogens is 1. The van der Waals surface area contributed by atoms with Gasteiger partial charge in [0.2, 0.25) is 5.28 Å². The number of nitrogens with one attached hydrogen (secondary N) is 1. The first-order chi connectivity index (χ1) is 8.84. The molecule has 0 amide bonds.